The summed E-state index contributed by atoms with van der Waals surface area (Å²) in [4.78, 5) is 3.92. The van der Waals surface area contributed by atoms with E-state index in [4.69, 9.17) is 12.2 Å². The lowest BCUT2D eigenvalue weighted by atomic mass is 10.3. The summed E-state index contributed by atoms with van der Waals surface area (Å²) < 4.78 is 37.1. The van der Waals surface area contributed by atoms with Crippen molar-refractivity contribution in [2.24, 2.45) is 0 Å². The molecule has 0 bridgehead atoms. The monoisotopic (exact) mass is 318 g/mol. The largest absolute Gasteiger partial charge is 0.408 e. The predicted octanol–water partition coefficient (Wildman–Crippen LogP) is 3.12. The molecule has 1 unspecified atom stereocenters. The van der Waals surface area contributed by atoms with Gasteiger partial charge in [0, 0.05) is 5.38 Å². The van der Waals surface area contributed by atoms with Gasteiger partial charge in [-0.1, -0.05) is 12.2 Å². The lowest BCUT2D eigenvalue weighted by molar-refractivity contribution is -0.147. The van der Waals surface area contributed by atoms with E-state index in [9.17, 15) is 13.2 Å². The molecule has 0 amide bonds. The van der Waals surface area contributed by atoms with Gasteiger partial charge >= 0.3 is 6.18 Å². The lowest BCUT2D eigenvalue weighted by Gasteiger charge is -2.17. The first-order valence-corrected chi connectivity index (χ1v) is 5.87. The smallest absolute Gasteiger partial charge is 0.363 e. The van der Waals surface area contributed by atoms with Crippen molar-refractivity contribution in [2.75, 3.05) is 0 Å². The number of thiocarbonyl (C=S) groups is 1. The zero-order chi connectivity index (χ0) is 11.6. The molecule has 0 aliphatic rings. The zero-order valence-corrected chi connectivity index (χ0v) is 10.6. The number of nitrogens with one attached hydrogen (secondary N) is 1. The first-order chi connectivity index (χ1) is 6.80. The minimum absolute atomic E-state index is 0.00975. The fourth-order valence-electron chi connectivity index (χ4n) is 0.699. The van der Waals surface area contributed by atoms with Gasteiger partial charge in [0.25, 0.3) is 0 Å². The molecule has 2 nitrogen and oxygen atoms in total. The van der Waals surface area contributed by atoms with Crippen LogP contribution >= 0.6 is 39.5 Å². The van der Waals surface area contributed by atoms with E-state index in [0.717, 1.165) is 6.92 Å². The van der Waals surface area contributed by atoms with Gasteiger partial charge in [-0.25, -0.2) is 4.98 Å². The van der Waals surface area contributed by atoms with Crippen LogP contribution in [-0.2, 0) is 0 Å². The highest BCUT2D eigenvalue weighted by molar-refractivity contribution is 9.10. The van der Waals surface area contributed by atoms with Crippen LogP contribution in [0.1, 0.15) is 11.9 Å². The summed E-state index contributed by atoms with van der Waals surface area (Å²) in [6.45, 7) is 1.01. The molecule has 15 heavy (non-hydrogen) atoms. The Labute approximate surface area is 102 Å². The number of thiazole rings is 1. The molecular formula is C7H6BrF3N2S2. The number of hydrogen-bond acceptors (Lipinski definition) is 3. The topological polar surface area (TPSA) is 24.9 Å². The molecule has 0 fully saturated rings. The molecule has 1 rings (SSSR count). The van der Waals surface area contributed by atoms with E-state index in [-0.39, 0.29) is 4.99 Å². The number of halogens is 4. The van der Waals surface area contributed by atoms with E-state index >= 15 is 0 Å². The molecule has 0 radical (unpaired) electrons. The third-order valence-corrected chi connectivity index (χ3v) is 3.52. The maximum Gasteiger partial charge on any atom is 0.408 e. The second-order valence-electron chi connectivity index (χ2n) is 2.71. The maximum atomic E-state index is 12.2. The first-order valence-electron chi connectivity index (χ1n) is 3.79. The number of nitrogens with zero attached hydrogens (tertiary/aromatic N) is 1. The summed E-state index contributed by atoms with van der Waals surface area (Å²) in [7, 11) is 0. The molecule has 1 aromatic heterocycles. The minimum Gasteiger partial charge on any atom is -0.363 e. The molecule has 0 saturated heterocycles. The van der Waals surface area contributed by atoms with E-state index in [2.05, 4.69) is 26.2 Å². The Morgan fingerprint density at radius 1 is 1.67 bits per heavy atom. The van der Waals surface area contributed by atoms with Gasteiger partial charge in [0.1, 0.15) is 15.6 Å². The van der Waals surface area contributed by atoms with Gasteiger partial charge in [-0.2, -0.15) is 13.2 Å². The summed E-state index contributed by atoms with van der Waals surface area (Å²) in [5.74, 6) is 0. The Morgan fingerprint density at radius 3 is 2.67 bits per heavy atom. The van der Waals surface area contributed by atoms with Crippen molar-refractivity contribution in [3.05, 3.63) is 15.0 Å². The summed E-state index contributed by atoms with van der Waals surface area (Å²) in [6.07, 6.45) is -4.31. The Balaban J connectivity index is 2.64. The molecule has 0 aliphatic carbocycles. The molecule has 1 atom stereocenters. The third-order valence-electron chi connectivity index (χ3n) is 1.51. The quantitative estimate of drug-likeness (QED) is 0.848. The SMILES string of the molecule is CC(NC(=S)c1nc(Br)cs1)C(F)(F)F. The lowest BCUT2D eigenvalue weighted by Crippen LogP contribution is -2.42. The molecule has 1 N–H and O–H groups in total. The molecule has 0 saturated carbocycles. The highest BCUT2D eigenvalue weighted by atomic mass is 79.9. The summed E-state index contributed by atoms with van der Waals surface area (Å²) in [6, 6.07) is -1.67. The van der Waals surface area contributed by atoms with Crippen LogP contribution in [0.4, 0.5) is 13.2 Å². The van der Waals surface area contributed by atoms with Crippen molar-refractivity contribution in [1.82, 2.24) is 10.3 Å². The Morgan fingerprint density at radius 2 is 2.27 bits per heavy atom. The third kappa shape index (κ3) is 3.69. The molecule has 0 aliphatic heterocycles. The van der Waals surface area contributed by atoms with Gasteiger partial charge in [-0.15, -0.1) is 11.3 Å². The zero-order valence-electron chi connectivity index (χ0n) is 7.43. The molecule has 8 heteroatoms. The summed E-state index contributed by atoms with van der Waals surface area (Å²) >= 11 is 9.07. The number of alkyl halides is 3. The van der Waals surface area contributed by atoms with Crippen molar-refractivity contribution in [2.45, 2.75) is 19.1 Å². The fourth-order valence-corrected chi connectivity index (χ4v) is 2.22. The minimum atomic E-state index is -4.31. The van der Waals surface area contributed by atoms with Gasteiger partial charge < -0.3 is 5.32 Å². The molecule has 1 heterocycles. The van der Waals surface area contributed by atoms with Crippen molar-refractivity contribution in [3.8, 4) is 0 Å². The van der Waals surface area contributed by atoms with E-state index < -0.39 is 12.2 Å². The van der Waals surface area contributed by atoms with Crippen LogP contribution in [0.15, 0.2) is 9.98 Å². The highest BCUT2D eigenvalue weighted by Gasteiger charge is 2.36. The molecule has 0 aromatic carbocycles. The van der Waals surface area contributed by atoms with Crippen LogP contribution in [0.2, 0.25) is 0 Å². The van der Waals surface area contributed by atoms with E-state index in [0.29, 0.717) is 9.61 Å². The predicted molar refractivity (Wildman–Crippen MR) is 60.2 cm³/mol. The van der Waals surface area contributed by atoms with Crippen LogP contribution < -0.4 is 5.32 Å². The van der Waals surface area contributed by atoms with Crippen LogP contribution in [0.5, 0.6) is 0 Å². The summed E-state index contributed by atoms with van der Waals surface area (Å²) in [5, 5.41) is 4.21. The van der Waals surface area contributed by atoms with Gasteiger partial charge in [-0.05, 0) is 22.9 Å². The Bertz CT molecular complexity index is 363. The maximum absolute atomic E-state index is 12.2. The van der Waals surface area contributed by atoms with Crippen molar-refractivity contribution >= 4 is 44.5 Å². The number of aromatic nitrogens is 1. The van der Waals surface area contributed by atoms with Gasteiger partial charge in [-0.3, -0.25) is 0 Å². The highest BCUT2D eigenvalue weighted by Crippen LogP contribution is 2.21. The number of rotatable bonds is 2. The van der Waals surface area contributed by atoms with Gasteiger partial charge in [0.2, 0.25) is 0 Å². The molecular weight excluding hydrogens is 313 g/mol. The van der Waals surface area contributed by atoms with Crippen molar-refractivity contribution < 1.29 is 13.2 Å². The van der Waals surface area contributed by atoms with E-state index in [1.54, 1.807) is 5.38 Å². The average Bonchev–Trinajstić information content (AvgIpc) is 2.50. The summed E-state index contributed by atoms with van der Waals surface area (Å²) in [5.41, 5.74) is 0. The van der Waals surface area contributed by atoms with Crippen LogP contribution in [0, 0.1) is 0 Å². The second kappa shape index (κ2) is 4.75. The normalized spacial score (nSPS) is 13.7. The van der Waals surface area contributed by atoms with Crippen molar-refractivity contribution in [3.63, 3.8) is 0 Å². The molecule has 1 aromatic rings. The standard InChI is InChI=1S/C7H6BrF3N2S2/c1-3(7(9,10)11)12-5(14)6-13-4(8)2-15-6/h2-3H,1H3,(H,12,14). The van der Waals surface area contributed by atoms with Crippen LogP contribution in [0.3, 0.4) is 0 Å². The Kier molecular flexibility index (Phi) is 4.07. The molecule has 84 valence electrons. The average molecular weight is 319 g/mol. The van der Waals surface area contributed by atoms with E-state index in [1.807, 2.05) is 0 Å². The fraction of sp³-hybridized carbons (Fsp3) is 0.429. The Hall–Kier alpha value is -0.210. The van der Waals surface area contributed by atoms with Gasteiger partial charge in [0.05, 0.1) is 0 Å². The van der Waals surface area contributed by atoms with Gasteiger partial charge in [0.15, 0.2) is 5.01 Å². The van der Waals surface area contributed by atoms with Crippen LogP contribution in [-0.4, -0.2) is 22.2 Å². The van der Waals surface area contributed by atoms with E-state index in [1.165, 1.54) is 11.3 Å². The molecule has 0 spiro atoms. The number of hydrogen-bond donors (Lipinski definition) is 1. The van der Waals surface area contributed by atoms with Crippen LogP contribution in [0.25, 0.3) is 0 Å². The second-order valence-corrected chi connectivity index (χ2v) is 4.79. The van der Waals surface area contributed by atoms with Crippen molar-refractivity contribution in [1.29, 1.82) is 0 Å². The first kappa shape index (κ1) is 12.9.